The molecule has 1 unspecified atom stereocenters. The maximum Gasteiger partial charge on any atom is 0.0782 e. The van der Waals surface area contributed by atoms with Crippen LogP contribution in [0.15, 0.2) is 53.0 Å². The fourth-order valence-electron chi connectivity index (χ4n) is 2.32. The summed E-state index contributed by atoms with van der Waals surface area (Å²) >= 11 is 3.47. The molecule has 2 aromatic rings. The number of hydrogen-bond donors (Lipinski definition) is 1. The molecule has 2 nitrogen and oxygen atoms in total. The Balaban J connectivity index is 2.32. The van der Waals surface area contributed by atoms with E-state index in [2.05, 4.69) is 58.1 Å². The van der Waals surface area contributed by atoms with Crippen LogP contribution in [0.2, 0.25) is 0 Å². The molecule has 0 aliphatic rings. The number of aliphatic hydroxyl groups is 1. The van der Waals surface area contributed by atoms with Gasteiger partial charge in [0.1, 0.15) is 0 Å². The first-order chi connectivity index (χ1) is 9.61. The van der Waals surface area contributed by atoms with Gasteiger partial charge in [-0.3, -0.25) is 0 Å². The van der Waals surface area contributed by atoms with E-state index < -0.39 is 6.10 Å². The lowest BCUT2D eigenvalue weighted by Crippen LogP contribution is -2.23. The average molecular weight is 334 g/mol. The molecule has 0 aliphatic heterocycles. The van der Waals surface area contributed by atoms with Crippen LogP contribution < -0.4 is 4.90 Å². The number of rotatable bonds is 5. The number of nitrogens with zero attached hydrogens (tertiary/aromatic N) is 1. The summed E-state index contributed by atoms with van der Waals surface area (Å²) in [6.45, 7) is 5.69. The largest absolute Gasteiger partial charge is 0.389 e. The molecule has 106 valence electrons. The summed E-state index contributed by atoms with van der Waals surface area (Å²) in [6.07, 6.45) is -0.479. The lowest BCUT2D eigenvalue weighted by Gasteiger charge is -2.27. The second kappa shape index (κ2) is 6.91. The number of hydrogen-bond acceptors (Lipinski definition) is 2. The minimum absolute atomic E-state index is 0.479. The molecule has 0 saturated carbocycles. The number of halogens is 1. The Kier molecular flexibility index (Phi) is 5.21. The minimum atomic E-state index is -0.479. The molecule has 0 fully saturated rings. The Morgan fingerprint density at radius 3 is 2.45 bits per heavy atom. The first kappa shape index (κ1) is 15.1. The van der Waals surface area contributed by atoms with E-state index in [9.17, 15) is 5.11 Å². The maximum absolute atomic E-state index is 9.99. The van der Waals surface area contributed by atoms with Gasteiger partial charge < -0.3 is 10.0 Å². The molecule has 0 amide bonds. The summed E-state index contributed by atoms with van der Waals surface area (Å²) in [7, 11) is 0. The summed E-state index contributed by atoms with van der Waals surface area (Å²) in [4.78, 5) is 2.28. The highest BCUT2D eigenvalue weighted by Crippen LogP contribution is 2.30. The second-order valence-corrected chi connectivity index (χ2v) is 5.79. The average Bonchev–Trinajstić information content (AvgIpc) is 2.46. The summed E-state index contributed by atoms with van der Waals surface area (Å²) < 4.78 is 0.993. The summed E-state index contributed by atoms with van der Waals surface area (Å²) in [6, 6.07) is 16.5. The van der Waals surface area contributed by atoms with Crippen LogP contribution in [-0.4, -0.2) is 11.7 Å². The highest BCUT2D eigenvalue weighted by atomic mass is 79.9. The Labute approximate surface area is 129 Å². The van der Waals surface area contributed by atoms with Gasteiger partial charge in [-0.25, -0.2) is 0 Å². The molecule has 0 saturated heterocycles. The molecule has 2 rings (SSSR count). The summed E-state index contributed by atoms with van der Waals surface area (Å²) in [5.41, 5.74) is 3.32. The first-order valence-corrected chi connectivity index (χ1v) is 7.67. The molecule has 1 atom stereocenters. The van der Waals surface area contributed by atoms with Gasteiger partial charge in [0.2, 0.25) is 0 Å². The normalized spacial score (nSPS) is 12.2. The van der Waals surface area contributed by atoms with Crippen molar-refractivity contribution in [3.05, 3.63) is 64.1 Å². The zero-order valence-electron chi connectivity index (χ0n) is 11.9. The maximum atomic E-state index is 9.99. The van der Waals surface area contributed by atoms with Crippen LogP contribution in [0.1, 0.15) is 31.1 Å². The quantitative estimate of drug-likeness (QED) is 0.868. The Hall–Kier alpha value is -1.32. The molecule has 1 N–H and O–H groups in total. The standard InChI is InChI=1S/C17H20BrNO/c1-3-19(12-14-7-5-4-6-8-14)17-10-9-15(18)11-16(17)13(2)20/h4-11,13,20H,3,12H2,1-2H3. The van der Waals surface area contributed by atoms with Crippen molar-refractivity contribution in [1.82, 2.24) is 0 Å². The third kappa shape index (κ3) is 3.62. The van der Waals surface area contributed by atoms with E-state index in [1.165, 1.54) is 5.56 Å². The predicted octanol–water partition coefficient (Wildman–Crippen LogP) is 4.53. The van der Waals surface area contributed by atoms with Gasteiger partial charge >= 0.3 is 0 Å². The molecular weight excluding hydrogens is 314 g/mol. The minimum Gasteiger partial charge on any atom is -0.389 e. The molecular formula is C17H20BrNO. The number of aliphatic hydroxyl groups excluding tert-OH is 1. The van der Waals surface area contributed by atoms with Crippen molar-refractivity contribution in [3.63, 3.8) is 0 Å². The number of anilines is 1. The Bertz CT molecular complexity index is 554. The van der Waals surface area contributed by atoms with Gasteiger partial charge in [-0.15, -0.1) is 0 Å². The van der Waals surface area contributed by atoms with Gasteiger partial charge in [0.05, 0.1) is 6.10 Å². The fourth-order valence-corrected chi connectivity index (χ4v) is 2.70. The van der Waals surface area contributed by atoms with Crippen molar-refractivity contribution in [2.24, 2.45) is 0 Å². The third-order valence-electron chi connectivity index (χ3n) is 3.38. The van der Waals surface area contributed by atoms with E-state index in [1.54, 1.807) is 0 Å². The lowest BCUT2D eigenvalue weighted by atomic mass is 10.1. The van der Waals surface area contributed by atoms with E-state index in [0.717, 1.165) is 28.8 Å². The van der Waals surface area contributed by atoms with E-state index in [0.29, 0.717) is 0 Å². The second-order valence-electron chi connectivity index (χ2n) is 4.88. The molecule has 0 aliphatic carbocycles. The molecule has 0 radical (unpaired) electrons. The van der Waals surface area contributed by atoms with Crippen LogP contribution in [0.5, 0.6) is 0 Å². The van der Waals surface area contributed by atoms with Crippen LogP contribution in [0.3, 0.4) is 0 Å². The molecule has 0 heterocycles. The molecule has 0 spiro atoms. The third-order valence-corrected chi connectivity index (χ3v) is 3.87. The predicted molar refractivity (Wildman–Crippen MR) is 87.9 cm³/mol. The van der Waals surface area contributed by atoms with Crippen molar-refractivity contribution < 1.29 is 5.11 Å². The van der Waals surface area contributed by atoms with Gasteiger partial charge in [0.15, 0.2) is 0 Å². The van der Waals surface area contributed by atoms with E-state index in [-0.39, 0.29) is 0 Å². The van der Waals surface area contributed by atoms with E-state index >= 15 is 0 Å². The van der Waals surface area contributed by atoms with Gasteiger partial charge in [-0.05, 0) is 37.6 Å². The van der Waals surface area contributed by atoms with Gasteiger partial charge in [-0.1, -0.05) is 46.3 Å². The molecule has 0 bridgehead atoms. The van der Waals surface area contributed by atoms with Crippen LogP contribution in [0.25, 0.3) is 0 Å². The monoisotopic (exact) mass is 333 g/mol. The molecule has 3 heteroatoms. The smallest absolute Gasteiger partial charge is 0.0782 e. The summed E-state index contributed by atoms with van der Waals surface area (Å²) in [5, 5.41) is 9.99. The summed E-state index contributed by atoms with van der Waals surface area (Å²) in [5.74, 6) is 0. The van der Waals surface area contributed by atoms with Crippen molar-refractivity contribution in [2.75, 3.05) is 11.4 Å². The number of benzene rings is 2. The van der Waals surface area contributed by atoms with Crippen LogP contribution >= 0.6 is 15.9 Å². The van der Waals surface area contributed by atoms with E-state index in [1.807, 2.05) is 25.1 Å². The Morgan fingerprint density at radius 2 is 1.85 bits per heavy atom. The highest BCUT2D eigenvalue weighted by Gasteiger charge is 2.14. The zero-order valence-corrected chi connectivity index (χ0v) is 13.5. The fraction of sp³-hybridized carbons (Fsp3) is 0.294. The van der Waals surface area contributed by atoms with Crippen molar-refractivity contribution in [3.8, 4) is 0 Å². The van der Waals surface area contributed by atoms with Crippen LogP contribution in [-0.2, 0) is 6.54 Å². The molecule has 2 aromatic carbocycles. The van der Waals surface area contributed by atoms with Crippen LogP contribution in [0, 0.1) is 0 Å². The lowest BCUT2D eigenvalue weighted by molar-refractivity contribution is 0.199. The Morgan fingerprint density at radius 1 is 1.15 bits per heavy atom. The van der Waals surface area contributed by atoms with E-state index in [4.69, 9.17) is 0 Å². The first-order valence-electron chi connectivity index (χ1n) is 6.88. The molecule has 20 heavy (non-hydrogen) atoms. The van der Waals surface area contributed by atoms with Crippen LogP contribution in [0.4, 0.5) is 5.69 Å². The van der Waals surface area contributed by atoms with Crippen molar-refractivity contribution in [2.45, 2.75) is 26.5 Å². The SMILES string of the molecule is CCN(Cc1ccccc1)c1ccc(Br)cc1C(C)O. The highest BCUT2D eigenvalue weighted by molar-refractivity contribution is 9.10. The molecule has 0 aromatic heterocycles. The topological polar surface area (TPSA) is 23.5 Å². The van der Waals surface area contributed by atoms with Crippen molar-refractivity contribution in [1.29, 1.82) is 0 Å². The van der Waals surface area contributed by atoms with Crippen molar-refractivity contribution >= 4 is 21.6 Å². The zero-order chi connectivity index (χ0) is 14.5. The van der Waals surface area contributed by atoms with Gasteiger partial charge in [0.25, 0.3) is 0 Å². The van der Waals surface area contributed by atoms with Gasteiger partial charge in [-0.2, -0.15) is 0 Å². The van der Waals surface area contributed by atoms with Gasteiger partial charge in [0, 0.05) is 28.8 Å².